The van der Waals surface area contributed by atoms with Crippen LogP contribution in [0.3, 0.4) is 0 Å². The van der Waals surface area contributed by atoms with Gasteiger partial charge in [0.15, 0.2) is 10.5 Å². The molecule has 2 radical (unpaired) electrons. The second kappa shape index (κ2) is 7.32. The van der Waals surface area contributed by atoms with E-state index in [1.54, 1.807) is 0 Å². The quantitative estimate of drug-likeness (QED) is 0.487. The molecule has 0 saturated heterocycles. The van der Waals surface area contributed by atoms with Crippen LogP contribution in [0.2, 0.25) is 0 Å². The monoisotopic (exact) mass is 204 g/mol. The van der Waals surface area contributed by atoms with E-state index >= 15 is 0 Å². The molecule has 7 heteroatoms. The molecule has 12 heavy (non-hydrogen) atoms. The van der Waals surface area contributed by atoms with Crippen LogP contribution in [0.15, 0.2) is 11.0 Å². The molecule has 1 rings (SSSR count). The Hall–Kier alpha value is 0.900. The Balaban J connectivity index is 0. The number of nitrogens with one attached hydrogen (secondary N) is 2. The van der Waals surface area contributed by atoms with Crippen LogP contribution in [0.5, 0.6) is 5.75 Å². The predicted molar refractivity (Wildman–Crippen MR) is 50.3 cm³/mol. The normalized spacial score (nSPS) is 7.75. The van der Waals surface area contributed by atoms with Crippen LogP contribution in [0.4, 0.5) is 0 Å². The molecule has 0 spiro atoms. The van der Waals surface area contributed by atoms with Gasteiger partial charge in [-0.2, -0.15) is 0 Å². The van der Waals surface area contributed by atoms with Gasteiger partial charge in [0.1, 0.15) is 0 Å². The van der Waals surface area contributed by atoms with Gasteiger partial charge in [-0.05, 0) is 12.2 Å². The zero-order chi connectivity index (χ0) is 7.56. The molecule has 0 atom stereocenters. The van der Waals surface area contributed by atoms with E-state index in [4.69, 9.17) is 0 Å². The summed E-state index contributed by atoms with van der Waals surface area (Å²) < 4.78 is 4.98. The fraction of sp³-hybridized carbons (Fsp3) is 0.200. The summed E-state index contributed by atoms with van der Waals surface area (Å²) in [7, 11) is 1.42. The van der Waals surface area contributed by atoms with Gasteiger partial charge in [0.25, 0.3) is 5.56 Å². The summed E-state index contributed by atoms with van der Waals surface area (Å²) in [4.78, 5) is 15.8. The smallest absolute Gasteiger partial charge is 0.294 e. The first-order valence-electron chi connectivity index (χ1n) is 2.60. The minimum Gasteiger partial charge on any atom is -0.490 e. The third-order valence-corrected chi connectivity index (χ3v) is 1.23. The van der Waals surface area contributed by atoms with Gasteiger partial charge in [0.2, 0.25) is 0 Å². The van der Waals surface area contributed by atoms with E-state index in [9.17, 15) is 4.79 Å². The number of hydrogen-bond donors (Lipinski definition) is 2. The molecule has 1 heterocycles. The van der Waals surface area contributed by atoms with Crippen LogP contribution in [0.1, 0.15) is 0 Å². The van der Waals surface area contributed by atoms with Gasteiger partial charge in [-0.25, -0.2) is 0 Å². The molecule has 0 aliphatic heterocycles. The van der Waals surface area contributed by atoms with Crippen LogP contribution in [0, 0.1) is 4.77 Å². The largest absolute Gasteiger partial charge is 0.490 e. The summed E-state index contributed by atoms with van der Waals surface area (Å²) in [5.74, 6) is 0.230. The van der Waals surface area contributed by atoms with E-state index in [0.29, 0.717) is 4.77 Å². The fourth-order valence-electron chi connectivity index (χ4n) is 0.549. The number of aromatic nitrogens is 2. The van der Waals surface area contributed by atoms with Gasteiger partial charge in [0.05, 0.1) is 13.3 Å². The molecule has 56 valence electrons. The summed E-state index contributed by atoms with van der Waals surface area (Å²) in [6.45, 7) is 0. The van der Waals surface area contributed by atoms with Crippen molar-refractivity contribution in [3.8, 4) is 5.75 Å². The Bertz CT molecular complexity index is 335. The SMILES string of the molecule is COc1c[nH]c(=S)[nH]c1=O.[Na].[Na]. The molecule has 1 aromatic heterocycles. The van der Waals surface area contributed by atoms with Crippen molar-refractivity contribution in [2.45, 2.75) is 0 Å². The molecule has 0 amide bonds. The van der Waals surface area contributed by atoms with Crippen LogP contribution < -0.4 is 10.3 Å². The van der Waals surface area contributed by atoms with E-state index in [1.807, 2.05) is 0 Å². The Kier molecular flexibility index (Phi) is 9.38. The second-order valence-corrected chi connectivity index (χ2v) is 2.05. The summed E-state index contributed by atoms with van der Waals surface area (Å²) in [5, 5.41) is 0. The van der Waals surface area contributed by atoms with E-state index < -0.39 is 0 Å². The Morgan fingerprint density at radius 2 is 2.08 bits per heavy atom. The number of methoxy groups -OCH3 is 1. The van der Waals surface area contributed by atoms with Crippen molar-refractivity contribution in [3.05, 3.63) is 21.3 Å². The number of hydrogen-bond acceptors (Lipinski definition) is 3. The molecule has 0 bridgehead atoms. The number of aromatic amines is 2. The Labute approximate surface area is 119 Å². The first-order chi connectivity index (χ1) is 4.74. The molecule has 2 N–H and O–H groups in total. The summed E-state index contributed by atoms with van der Waals surface area (Å²) in [6, 6.07) is 0. The zero-order valence-corrected chi connectivity index (χ0v) is 12.1. The molecule has 0 fully saturated rings. The van der Waals surface area contributed by atoms with Gasteiger partial charge in [-0.15, -0.1) is 0 Å². The van der Waals surface area contributed by atoms with Crippen molar-refractivity contribution in [2.24, 2.45) is 0 Å². The Morgan fingerprint density at radius 3 is 2.50 bits per heavy atom. The van der Waals surface area contributed by atoms with Crippen LogP contribution >= 0.6 is 12.2 Å². The first kappa shape index (κ1) is 15.4. The number of H-pyrrole nitrogens is 2. The van der Waals surface area contributed by atoms with Crippen molar-refractivity contribution in [2.75, 3.05) is 7.11 Å². The third-order valence-electron chi connectivity index (χ3n) is 1.01. The molecular formula is C5H6N2Na2O2S. The molecule has 1 aromatic rings. The van der Waals surface area contributed by atoms with Crippen molar-refractivity contribution < 1.29 is 4.74 Å². The minimum atomic E-state index is -0.314. The summed E-state index contributed by atoms with van der Waals surface area (Å²) in [5.41, 5.74) is -0.314. The van der Waals surface area contributed by atoms with Gasteiger partial charge in [0, 0.05) is 59.1 Å². The topological polar surface area (TPSA) is 57.9 Å². The van der Waals surface area contributed by atoms with E-state index in [-0.39, 0.29) is 70.4 Å². The van der Waals surface area contributed by atoms with E-state index in [0.717, 1.165) is 0 Å². The first-order valence-corrected chi connectivity index (χ1v) is 3.01. The average Bonchev–Trinajstić information content (AvgIpc) is 1.88. The number of rotatable bonds is 1. The predicted octanol–water partition coefficient (Wildman–Crippen LogP) is -0.321. The van der Waals surface area contributed by atoms with Crippen molar-refractivity contribution in [3.63, 3.8) is 0 Å². The fourth-order valence-corrected chi connectivity index (χ4v) is 0.701. The van der Waals surface area contributed by atoms with Gasteiger partial charge in [-0.3, -0.25) is 9.78 Å². The van der Waals surface area contributed by atoms with Gasteiger partial charge >= 0.3 is 0 Å². The third kappa shape index (κ3) is 4.23. The van der Waals surface area contributed by atoms with E-state index in [1.165, 1.54) is 13.3 Å². The molecule has 0 saturated carbocycles. The maximum absolute atomic E-state index is 10.8. The molecule has 4 nitrogen and oxygen atoms in total. The average molecular weight is 204 g/mol. The molecule has 0 aliphatic carbocycles. The zero-order valence-electron chi connectivity index (χ0n) is 7.30. The maximum atomic E-state index is 10.8. The van der Waals surface area contributed by atoms with Crippen molar-refractivity contribution in [1.29, 1.82) is 0 Å². The van der Waals surface area contributed by atoms with Crippen LogP contribution in [-0.2, 0) is 0 Å². The minimum absolute atomic E-state index is 0. The maximum Gasteiger partial charge on any atom is 0.294 e. The van der Waals surface area contributed by atoms with Crippen molar-refractivity contribution in [1.82, 2.24) is 9.97 Å². The molecular weight excluding hydrogens is 198 g/mol. The number of ether oxygens (including phenoxy) is 1. The second-order valence-electron chi connectivity index (χ2n) is 1.64. The van der Waals surface area contributed by atoms with Gasteiger partial charge in [-0.1, -0.05) is 0 Å². The van der Waals surface area contributed by atoms with Gasteiger partial charge < -0.3 is 9.72 Å². The summed E-state index contributed by atoms with van der Waals surface area (Å²) in [6.07, 6.45) is 1.42. The van der Waals surface area contributed by atoms with E-state index in [2.05, 4.69) is 26.9 Å². The standard InChI is InChI=1S/C5H6N2O2S.2Na/c1-9-3-2-6-5(10)7-4(3)8;;/h2H,1H3,(H2,6,7,8,10);;. The van der Waals surface area contributed by atoms with Crippen LogP contribution in [0.25, 0.3) is 0 Å². The molecule has 0 unspecified atom stereocenters. The summed E-state index contributed by atoms with van der Waals surface area (Å²) >= 11 is 4.64. The molecule has 0 aromatic carbocycles. The molecule has 0 aliphatic rings. The van der Waals surface area contributed by atoms with Crippen LogP contribution in [-0.4, -0.2) is 76.2 Å². The Morgan fingerprint density at radius 1 is 1.50 bits per heavy atom. The van der Waals surface area contributed by atoms with Crippen molar-refractivity contribution >= 4 is 71.3 Å².